The van der Waals surface area contributed by atoms with Gasteiger partial charge in [-0.1, -0.05) is 25.1 Å². The second kappa shape index (κ2) is 5.35. The molecule has 0 aromatic heterocycles. The normalized spacial score (nSPS) is 20.2. The van der Waals surface area contributed by atoms with Crippen LogP contribution in [0.1, 0.15) is 31.7 Å². The van der Waals surface area contributed by atoms with E-state index in [1.807, 2.05) is 13.1 Å². The van der Waals surface area contributed by atoms with Crippen molar-refractivity contribution in [1.82, 2.24) is 5.32 Å². The first kappa shape index (κ1) is 11.5. The molecule has 0 spiro atoms. The lowest BCUT2D eigenvalue weighted by Crippen LogP contribution is -2.26. The van der Waals surface area contributed by atoms with E-state index in [0.29, 0.717) is 12.1 Å². The lowest BCUT2D eigenvalue weighted by Gasteiger charge is -2.16. The smallest absolute Gasteiger partial charge is 0.123 e. The van der Waals surface area contributed by atoms with Gasteiger partial charge in [0.25, 0.3) is 0 Å². The molecule has 1 aromatic rings. The minimum absolute atomic E-state index is 0.389. The molecule has 2 unspecified atom stereocenters. The minimum atomic E-state index is 0.389. The highest BCUT2D eigenvalue weighted by atomic mass is 16.5. The highest BCUT2D eigenvalue weighted by Crippen LogP contribution is 2.30. The van der Waals surface area contributed by atoms with Crippen molar-refractivity contribution in [2.75, 3.05) is 7.05 Å². The summed E-state index contributed by atoms with van der Waals surface area (Å²) in [4.78, 5) is 0. The zero-order valence-corrected chi connectivity index (χ0v) is 10.2. The first-order chi connectivity index (χ1) is 7.83. The first-order valence-corrected chi connectivity index (χ1v) is 6.25. The molecule has 0 fully saturated rings. The van der Waals surface area contributed by atoms with Crippen LogP contribution in [0.5, 0.6) is 5.75 Å². The number of hydrogen-bond donors (Lipinski definition) is 1. The molecular formula is C14H21NO. The summed E-state index contributed by atoms with van der Waals surface area (Å²) >= 11 is 0. The van der Waals surface area contributed by atoms with Crippen molar-refractivity contribution in [3.63, 3.8) is 0 Å². The van der Waals surface area contributed by atoms with Crippen LogP contribution >= 0.6 is 0 Å². The fourth-order valence-corrected chi connectivity index (χ4v) is 2.35. The Bertz CT molecular complexity index is 308. The van der Waals surface area contributed by atoms with Crippen molar-refractivity contribution < 1.29 is 4.74 Å². The van der Waals surface area contributed by atoms with Crippen LogP contribution in [0.3, 0.4) is 0 Å². The summed E-state index contributed by atoms with van der Waals surface area (Å²) in [6.45, 7) is 2.23. The van der Waals surface area contributed by atoms with Crippen LogP contribution in [-0.4, -0.2) is 19.2 Å². The van der Waals surface area contributed by atoms with E-state index >= 15 is 0 Å². The number of hydrogen-bond acceptors (Lipinski definition) is 2. The minimum Gasteiger partial charge on any atom is -0.490 e. The van der Waals surface area contributed by atoms with Crippen molar-refractivity contribution in [3.8, 4) is 5.75 Å². The molecule has 0 radical (unpaired) electrons. The topological polar surface area (TPSA) is 21.3 Å². The fraction of sp³-hybridized carbons (Fsp3) is 0.571. The Kier molecular flexibility index (Phi) is 3.83. The second-order valence-corrected chi connectivity index (χ2v) is 4.52. The average Bonchev–Trinajstić information content (AvgIpc) is 2.73. The number of para-hydroxylation sites is 1. The predicted octanol–water partition coefficient (Wildman–Crippen LogP) is 2.77. The van der Waals surface area contributed by atoms with Crippen molar-refractivity contribution in [3.05, 3.63) is 29.8 Å². The number of benzene rings is 1. The zero-order chi connectivity index (χ0) is 11.4. The van der Waals surface area contributed by atoms with Crippen LogP contribution in [0.4, 0.5) is 0 Å². The van der Waals surface area contributed by atoms with Crippen molar-refractivity contribution in [2.45, 2.75) is 44.8 Å². The summed E-state index contributed by atoms with van der Waals surface area (Å²) in [7, 11) is 2.04. The summed E-state index contributed by atoms with van der Waals surface area (Å²) in [6, 6.07) is 9.01. The van der Waals surface area contributed by atoms with Crippen LogP contribution in [-0.2, 0) is 6.42 Å². The third-order valence-electron chi connectivity index (χ3n) is 3.45. The summed E-state index contributed by atoms with van der Waals surface area (Å²) < 4.78 is 5.92. The Balaban J connectivity index is 1.83. The molecule has 2 atom stereocenters. The molecule has 1 aliphatic rings. The maximum atomic E-state index is 5.92. The van der Waals surface area contributed by atoms with Gasteiger partial charge in [-0.2, -0.15) is 0 Å². The van der Waals surface area contributed by atoms with E-state index in [2.05, 4.69) is 30.4 Å². The highest BCUT2D eigenvalue weighted by molar-refractivity contribution is 5.37. The molecule has 1 N–H and O–H groups in total. The van der Waals surface area contributed by atoms with Gasteiger partial charge >= 0.3 is 0 Å². The van der Waals surface area contributed by atoms with Crippen LogP contribution < -0.4 is 10.1 Å². The molecule has 0 saturated heterocycles. The summed E-state index contributed by atoms with van der Waals surface area (Å²) in [5, 5.41) is 3.34. The van der Waals surface area contributed by atoms with Gasteiger partial charge in [0.05, 0.1) is 0 Å². The molecule has 0 bridgehead atoms. The second-order valence-electron chi connectivity index (χ2n) is 4.52. The Morgan fingerprint density at radius 1 is 1.44 bits per heavy atom. The van der Waals surface area contributed by atoms with Crippen molar-refractivity contribution >= 4 is 0 Å². The molecule has 0 aliphatic carbocycles. The third kappa shape index (κ3) is 2.56. The molecule has 1 heterocycles. The number of fused-ring (bicyclic) bond motifs is 1. The molecule has 0 saturated carbocycles. The van der Waals surface area contributed by atoms with Gasteiger partial charge in [0.2, 0.25) is 0 Å². The molecule has 2 heteroatoms. The fourth-order valence-electron chi connectivity index (χ4n) is 2.35. The maximum absolute atomic E-state index is 5.92. The molecule has 1 aliphatic heterocycles. The number of nitrogens with one attached hydrogen (secondary N) is 1. The first-order valence-electron chi connectivity index (χ1n) is 6.25. The Labute approximate surface area is 98.0 Å². The summed E-state index contributed by atoms with van der Waals surface area (Å²) in [5.41, 5.74) is 1.37. The molecule has 1 aromatic carbocycles. The van der Waals surface area contributed by atoms with Crippen LogP contribution in [0.2, 0.25) is 0 Å². The molecule has 88 valence electrons. The van der Waals surface area contributed by atoms with E-state index in [1.54, 1.807) is 0 Å². The van der Waals surface area contributed by atoms with Gasteiger partial charge < -0.3 is 10.1 Å². The van der Waals surface area contributed by atoms with Crippen LogP contribution in [0.15, 0.2) is 24.3 Å². The zero-order valence-electron chi connectivity index (χ0n) is 10.2. The maximum Gasteiger partial charge on any atom is 0.123 e. The molecular weight excluding hydrogens is 198 g/mol. The van der Waals surface area contributed by atoms with Gasteiger partial charge in [-0.15, -0.1) is 0 Å². The van der Waals surface area contributed by atoms with Crippen LogP contribution in [0, 0.1) is 0 Å². The highest BCUT2D eigenvalue weighted by Gasteiger charge is 2.22. The van der Waals surface area contributed by atoms with E-state index in [1.165, 1.54) is 18.4 Å². The summed E-state index contributed by atoms with van der Waals surface area (Å²) in [6.07, 6.45) is 5.01. The lowest BCUT2D eigenvalue weighted by atomic mass is 10.0. The molecule has 2 rings (SSSR count). The number of ether oxygens (including phenoxy) is 1. The van der Waals surface area contributed by atoms with E-state index in [9.17, 15) is 0 Å². The van der Waals surface area contributed by atoms with Crippen LogP contribution in [0.25, 0.3) is 0 Å². The van der Waals surface area contributed by atoms with E-state index in [0.717, 1.165) is 18.6 Å². The quantitative estimate of drug-likeness (QED) is 0.822. The number of rotatable bonds is 5. The molecule has 0 amide bonds. The SMILES string of the molecule is CCC(CCC1Cc2ccccc2O1)NC. The van der Waals surface area contributed by atoms with Crippen molar-refractivity contribution in [2.24, 2.45) is 0 Å². The molecule has 2 nitrogen and oxygen atoms in total. The van der Waals surface area contributed by atoms with Gasteiger partial charge in [-0.05, 0) is 37.9 Å². The van der Waals surface area contributed by atoms with Gasteiger partial charge in [0.1, 0.15) is 11.9 Å². The van der Waals surface area contributed by atoms with Gasteiger partial charge in [0, 0.05) is 12.5 Å². The molecule has 16 heavy (non-hydrogen) atoms. The van der Waals surface area contributed by atoms with Gasteiger partial charge in [0.15, 0.2) is 0 Å². The Morgan fingerprint density at radius 3 is 2.94 bits per heavy atom. The Morgan fingerprint density at radius 2 is 2.25 bits per heavy atom. The van der Waals surface area contributed by atoms with Gasteiger partial charge in [-0.3, -0.25) is 0 Å². The third-order valence-corrected chi connectivity index (χ3v) is 3.45. The largest absolute Gasteiger partial charge is 0.490 e. The Hall–Kier alpha value is -1.02. The van der Waals surface area contributed by atoms with E-state index in [4.69, 9.17) is 4.74 Å². The van der Waals surface area contributed by atoms with E-state index < -0.39 is 0 Å². The predicted molar refractivity (Wildman–Crippen MR) is 66.9 cm³/mol. The standard InChI is InChI=1S/C14H21NO/c1-3-12(15-2)8-9-13-10-11-6-4-5-7-14(11)16-13/h4-7,12-13,15H,3,8-10H2,1-2H3. The average molecular weight is 219 g/mol. The summed E-state index contributed by atoms with van der Waals surface area (Å²) in [5.74, 6) is 1.09. The van der Waals surface area contributed by atoms with Gasteiger partial charge in [-0.25, -0.2) is 0 Å². The van der Waals surface area contributed by atoms with E-state index in [-0.39, 0.29) is 0 Å². The van der Waals surface area contributed by atoms with Crippen molar-refractivity contribution in [1.29, 1.82) is 0 Å². The lowest BCUT2D eigenvalue weighted by molar-refractivity contribution is 0.211. The monoisotopic (exact) mass is 219 g/mol.